The normalized spacial score (nSPS) is 20.9. The van der Waals surface area contributed by atoms with Crippen molar-refractivity contribution in [3.05, 3.63) is 28.3 Å². The SMILES string of the molecule is COc1ccc(S(=O)(=O)NC2CCNCC2(C)C)c([N+](=O)[O-])c1. The molecule has 2 rings (SSSR count). The van der Waals surface area contributed by atoms with Gasteiger partial charge in [-0.25, -0.2) is 13.1 Å². The molecule has 1 aromatic carbocycles. The highest BCUT2D eigenvalue weighted by Gasteiger charge is 2.37. The highest BCUT2D eigenvalue weighted by atomic mass is 32.2. The van der Waals surface area contributed by atoms with Crippen LogP contribution in [0, 0.1) is 15.5 Å². The highest BCUT2D eigenvalue weighted by molar-refractivity contribution is 7.89. The van der Waals surface area contributed by atoms with Crippen LogP contribution in [-0.2, 0) is 10.0 Å². The number of nitrogens with one attached hydrogen (secondary N) is 2. The number of nitro benzene ring substituents is 1. The molecule has 0 aromatic heterocycles. The van der Waals surface area contributed by atoms with Crippen molar-refractivity contribution >= 4 is 15.7 Å². The van der Waals surface area contributed by atoms with Gasteiger partial charge in [-0.05, 0) is 30.5 Å². The Balaban J connectivity index is 2.38. The van der Waals surface area contributed by atoms with Crippen molar-refractivity contribution in [1.29, 1.82) is 0 Å². The monoisotopic (exact) mass is 343 g/mol. The molecule has 0 amide bonds. The van der Waals surface area contributed by atoms with E-state index >= 15 is 0 Å². The number of benzene rings is 1. The number of rotatable bonds is 5. The minimum Gasteiger partial charge on any atom is -0.497 e. The molecule has 0 spiro atoms. The minimum atomic E-state index is -4.01. The molecule has 1 unspecified atom stereocenters. The summed E-state index contributed by atoms with van der Waals surface area (Å²) in [5.74, 6) is 0.234. The second-order valence-corrected chi connectivity index (χ2v) is 7.90. The van der Waals surface area contributed by atoms with E-state index in [1.54, 1.807) is 0 Å². The largest absolute Gasteiger partial charge is 0.497 e. The Morgan fingerprint density at radius 2 is 2.13 bits per heavy atom. The molecule has 2 N–H and O–H groups in total. The Labute approximate surface area is 135 Å². The van der Waals surface area contributed by atoms with Gasteiger partial charge in [0, 0.05) is 12.6 Å². The number of hydrogen-bond donors (Lipinski definition) is 2. The summed E-state index contributed by atoms with van der Waals surface area (Å²) in [7, 11) is -2.64. The molecular weight excluding hydrogens is 322 g/mol. The van der Waals surface area contributed by atoms with Crippen molar-refractivity contribution < 1.29 is 18.1 Å². The first-order valence-corrected chi connectivity index (χ1v) is 8.71. The van der Waals surface area contributed by atoms with E-state index in [4.69, 9.17) is 4.74 Å². The van der Waals surface area contributed by atoms with E-state index in [0.717, 1.165) is 6.07 Å². The van der Waals surface area contributed by atoms with Crippen molar-refractivity contribution in [2.75, 3.05) is 20.2 Å². The second-order valence-electron chi connectivity index (χ2n) is 6.22. The maximum absolute atomic E-state index is 12.6. The van der Waals surface area contributed by atoms with Gasteiger partial charge in [0.25, 0.3) is 5.69 Å². The molecule has 128 valence electrons. The van der Waals surface area contributed by atoms with Crippen LogP contribution in [0.3, 0.4) is 0 Å². The average Bonchev–Trinajstić information content (AvgIpc) is 2.48. The Bertz CT molecular complexity index is 702. The predicted molar refractivity (Wildman–Crippen MR) is 85.0 cm³/mol. The molecule has 1 aliphatic heterocycles. The summed E-state index contributed by atoms with van der Waals surface area (Å²) in [6.07, 6.45) is 0.621. The molecule has 1 fully saturated rings. The van der Waals surface area contributed by atoms with Crippen molar-refractivity contribution in [2.24, 2.45) is 5.41 Å². The average molecular weight is 343 g/mol. The molecule has 1 heterocycles. The van der Waals surface area contributed by atoms with Gasteiger partial charge in [0.1, 0.15) is 5.75 Å². The first-order chi connectivity index (χ1) is 10.7. The summed E-state index contributed by atoms with van der Waals surface area (Å²) >= 11 is 0. The van der Waals surface area contributed by atoms with Crippen LogP contribution < -0.4 is 14.8 Å². The van der Waals surface area contributed by atoms with E-state index in [2.05, 4.69) is 10.0 Å². The Kier molecular flexibility index (Phi) is 4.92. The van der Waals surface area contributed by atoms with Gasteiger partial charge in [-0.2, -0.15) is 0 Å². The number of ether oxygens (including phenoxy) is 1. The third kappa shape index (κ3) is 3.80. The number of piperidine rings is 1. The van der Waals surface area contributed by atoms with Crippen molar-refractivity contribution in [2.45, 2.75) is 31.2 Å². The number of methoxy groups -OCH3 is 1. The molecule has 9 heteroatoms. The molecule has 1 atom stereocenters. The third-order valence-electron chi connectivity index (χ3n) is 4.08. The highest BCUT2D eigenvalue weighted by Crippen LogP contribution is 2.31. The number of hydrogen-bond acceptors (Lipinski definition) is 6. The van der Waals surface area contributed by atoms with Crippen LogP contribution in [0.1, 0.15) is 20.3 Å². The van der Waals surface area contributed by atoms with Crippen molar-refractivity contribution in [1.82, 2.24) is 10.0 Å². The summed E-state index contributed by atoms with van der Waals surface area (Å²) in [4.78, 5) is 10.1. The fourth-order valence-corrected chi connectivity index (χ4v) is 4.23. The molecule has 0 saturated carbocycles. The van der Waals surface area contributed by atoms with Crippen molar-refractivity contribution in [3.63, 3.8) is 0 Å². The van der Waals surface area contributed by atoms with Crippen LogP contribution >= 0.6 is 0 Å². The lowest BCUT2D eigenvalue weighted by Crippen LogP contribution is -2.54. The van der Waals surface area contributed by atoms with E-state index in [1.165, 1.54) is 19.2 Å². The van der Waals surface area contributed by atoms with Gasteiger partial charge in [0.05, 0.1) is 18.1 Å². The quantitative estimate of drug-likeness (QED) is 0.615. The van der Waals surface area contributed by atoms with Gasteiger partial charge in [-0.15, -0.1) is 0 Å². The van der Waals surface area contributed by atoms with Gasteiger partial charge in [0.15, 0.2) is 4.90 Å². The Hall–Kier alpha value is -1.71. The maximum atomic E-state index is 12.6. The second kappa shape index (κ2) is 6.42. The van der Waals surface area contributed by atoms with E-state index in [1.807, 2.05) is 13.8 Å². The summed E-state index contributed by atoms with van der Waals surface area (Å²) < 4.78 is 32.8. The van der Waals surface area contributed by atoms with Crippen LogP contribution in [0.25, 0.3) is 0 Å². The lowest BCUT2D eigenvalue weighted by atomic mass is 9.81. The molecule has 0 aliphatic carbocycles. The van der Waals surface area contributed by atoms with E-state index < -0.39 is 20.6 Å². The number of sulfonamides is 1. The zero-order valence-electron chi connectivity index (χ0n) is 13.3. The lowest BCUT2D eigenvalue weighted by molar-refractivity contribution is -0.387. The molecule has 23 heavy (non-hydrogen) atoms. The van der Waals surface area contributed by atoms with Gasteiger partial charge in [-0.3, -0.25) is 10.1 Å². The summed E-state index contributed by atoms with van der Waals surface area (Å²) in [6.45, 7) is 5.27. The molecule has 0 bridgehead atoms. The zero-order valence-corrected chi connectivity index (χ0v) is 14.1. The zero-order chi connectivity index (χ0) is 17.3. The van der Waals surface area contributed by atoms with Crippen LogP contribution in [0.5, 0.6) is 5.75 Å². The van der Waals surface area contributed by atoms with Gasteiger partial charge < -0.3 is 10.1 Å². The van der Waals surface area contributed by atoms with Gasteiger partial charge in [0.2, 0.25) is 10.0 Å². The lowest BCUT2D eigenvalue weighted by Gasteiger charge is -2.39. The van der Waals surface area contributed by atoms with E-state index in [-0.39, 0.29) is 22.1 Å². The smallest absolute Gasteiger partial charge is 0.293 e. The summed E-state index contributed by atoms with van der Waals surface area (Å²) in [5, 5.41) is 14.4. The van der Waals surface area contributed by atoms with E-state index in [9.17, 15) is 18.5 Å². The Morgan fingerprint density at radius 1 is 1.43 bits per heavy atom. The Morgan fingerprint density at radius 3 is 2.70 bits per heavy atom. The summed E-state index contributed by atoms with van der Waals surface area (Å²) in [5.41, 5.74) is -0.782. The minimum absolute atomic E-state index is 0.234. The summed E-state index contributed by atoms with van der Waals surface area (Å²) in [6, 6.07) is 3.42. The standard InChI is InChI=1S/C14H21N3O5S/c1-14(2)9-15-7-6-13(14)16-23(20,21)12-5-4-10(22-3)8-11(12)17(18)19/h4-5,8,13,15-16H,6-7,9H2,1-3H3. The predicted octanol–water partition coefficient (Wildman–Crippen LogP) is 1.27. The van der Waals surface area contributed by atoms with Gasteiger partial charge in [-0.1, -0.05) is 13.8 Å². The molecule has 1 aromatic rings. The van der Waals surface area contributed by atoms with Crippen LogP contribution in [0.15, 0.2) is 23.1 Å². The fourth-order valence-electron chi connectivity index (χ4n) is 2.63. The van der Waals surface area contributed by atoms with Gasteiger partial charge >= 0.3 is 0 Å². The number of nitro groups is 1. The van der Waals surface area contributed by atoms with E-state index in [0.29, 0.717) is 19.5 Å². The molecule has 1 saturated heterocycles. The van der Waals surface area contributed by atoms with Crippen LogP contribution in [0.4, 0.5) is 5.69 Å². The fraction of sp³-hybridized carbons (Fsp3) is 0.571. The van der Waals surface area contributed by atoms with Crippen molar-refractivity contribution in [3.8, 4) is 5.75 Å². The van der Waals surface area contributed by atoms with Crippen LogP contribution in [-0.4, -0.2) is 39.6 Å². The molecular formula is C14H21N3O5S. The molecule has 0 radical (unpaired) electrons. The first kappa shape index (κ1) is 17.6. The third-order valence-corrected chi connectivity index (χ3v) is 5.60. The first-order valence-electron chi connectivity index (χ1n) is 7.23. The molecule has 8 nitrogen and oxygen atoms in total. The topological polar surface area (TPSA) is 111 Å². The number of nitrogens with zero attached hydrogens (tertiary/aromatic N) is 1. The maximum Gasteiger partial charge on any atom is 0.293 e. The van der Waals surface area contributed by atoms with Crippen LogP contribution in [0.2, 0.25) is 0 Å². The molecule has 1 aliphatic rings.